The van der Waals surface area contributed by atoms with E-state index >= 15 is 0 Å². The summed E-state index contributed by atoms with van der Waals surface area (Å²) in [5, 5.41) is 2.91. The van der Waals surface area contributed by atoms with Crippen molar-refractivity contribution in [2.45, 2.75) is 56.9 Å². The summed E-state index contributed by atoms with van der Waals surface area (Å²) in [5.41, 5.74) is 1.90. The number of hydrogen-bond donors (Lipinski definition) is 1. The highest BCUT2D eigenvalue weighted by atomic mass is 32.2. The van der Waals surface area contributed by atoms with Crippen LogP contribution in [0.4, 0.5) is 0 Å². The van der Waals surface area contributed by atoms with Crippen molar-refractivity contribution in [2.75, 3.05) is 13.6 Å². The summed E-state index contributed by atoms with van der Waals surface area (Å²) >= 11 is 0. The monoisotopic (exact) mass is 364 g/mol. The van der Waals surface area contributed by atoms with Crippen molar-refractivity contribution < 1.29 is 13.2 Å². The van der Waals surface area contributed by atoms with Crippen LogP contribution in [0, 0.1) is 0 Å². The molecule has 0 unspecified atom stereocenters. The Hall–Kier alpha value is -1.66. The maximum Gasteiger partial charge on any atom is 0.251 e. The van der Waals surface area contributed by atoms with Crippen LogP contribution in [0.5, 0.6) is 0 Å². The first-order valence-electron chi connectivity index (χ1n) is 8.86. The van der Waals surface area contributed by atoms with E-state index in [4.69, 9.17) is 0 Å². The molecule has 0 bridgehead atoms. The number of amides is 1. The fourth-order valence-corrected chi connectivity index (χ4v) is 4.16. The molecule has 0 saturated carbocycles. The number of carbonyl (C=O) groups is 1. The number of nitrogens with zero attached hydrogens (tertiary/aromatic N) is 1. The molecule has 138 valence electrons. The third-order valence-electron chi connectivity index (χ3n) is 4.64. The van der Waals surface area contributed by atoms with Crippen molar-refractivity contribution in [3.63, 3.8) is 0 Å². The molecule has 0 atom stereocenters. The molecule has 6 heteroatoms. The van der Waals surface area contributed by atoms with Crippen LogP contribution in [0.2, 0.25) is 0 Å². The summed E-state index contributed by atoms with van der Waals surface area (Å²) in [4.78, 5) is 12.4. The zero-order valence-corrected chi connectivity index (χ0v) is 16.1. The van der Waals surface area contributed by atoms with Crippen LogP contribution in [0.15, 0.2) is 40.8 Å². The van der Waals surface area contributed by atoms with Crippen molar-refractivity contribution in [2.24, 2.45) is 0 Å². The highest BCUT2D eigenvalue weighted by molar-refractivity contribution is 7.89. The predicted molar refractivity (Wildman–Crippen MR) is 100 cm³/mol. The van der Waals surface area contributed by atoms with Crippen molar-refractivity contribution in [3.8, 4) is 0 Å². The second-order valence-electron chi connectivity index (χ2n) is 6.75. The lowest BCUT2D eigenvalue weighted by Crippen LogP contribution is -2.33. The largest absolute Gasteiger partial charge is 0.352 e. The first-order chi connectivity index (χ1) is 11.8. The van der Waals surface area contributed by atoms with Crippen LogP contribution >= 0.6 is 0 Å². The topological polar surface area (TPSA) is 66.5 Å². The molecule has 1 aliphatic rings. The molecule has 1 aromatic rings. The summed E-state index contributed by atoms with van der Waals surface area (Å²) < 4.78 is 26.2. The molecule has 1 aliphatic carbocycles. The van der Waals surface area contributed by atoms with Crippen molar-refractivity contribution in [1.29, 1.82) is 0 Å². The van der Waals surface area contributed by atoms with Crippen LogP contribution in [-0.2, 0) is 10.0 Å². The van der Waals surface area contributed by atoms with E-state index in [0.29, 0.717) is 12.1 Å². The SMILES string of the molecule is CC(C)N(C)S(=O)(=O)c1ccc(C(=O)NCCC2=CCCCC2)cc1. The number of allylic oxidation sites excluding steroid dienone is 1. The molecule has 0 radical (unpaired) electrons. The summed E-state index contributed by atoms with van der Waals surface area (Å²) in [7, 11) is -1.96. The summed E-state index contributed by atoms with van der Waals surface area (Å²) in [5.74, 6) is -0.169. The fraction of sp³-hybridized carbons (Fsp3) is 0.526. The lowest BCUT2D eigenvalue weighted by Gasteiger charge is -2.21. The lowest BCUT2D eigenvalue weighted by molar-refractivity contribution is 0.0954. The molecular weight excluding hydrogens is 336 g/mol. The van der Waals surface area contributed by atoms with Crippen molar-refractivity contribution in [3.05, 3.63) is 41.5 Å². The van der Waals surface area contributed by atoms with Gasteiger partial charge in [-0.25, -0.2) is 8.42 Å². The van der Waals surface area contributed by atoms with E-state index in [2.05, 4.69) is 11.4 Å². The van der Waals surface area contributed by atoms with Crippen molar-refractivity contribution >= 4 is 15.9 Å². The van der Waals surface area contributed by atoms with Crippen LogP contribution in [-0.4, -0.2) is 38.3 Å². The second kappa shape index (κ2) is 8.63. The number of rotatable bonds is 7. The Morgan fingerprint density at radius 3 is 2.44 bits per heavy atom. The van der Waals surface area contributed by atoms with E-state index in [1.54, 1.807) is 19.2 Å². The third kappa shape index (κ3) is 5.16. The van der Waals surface area contributed by atoms with E-state index in [9.17, 15) is 13.2 Å². The second-order valence-corrected chi connectivity index (χ2v) is 8.75. The molecule has 2 rings (SSSR count). The number of benzene rings is 1. The van der Waals surface area contributed by atoms with E-state index in [1.165, 1.54) is 34.9 Å². The first kappa shape index (κ1) is 19.7. The normalized spacial score (nSPS) is 15.3. The Kier molecular flexibility index (Phi) is 6.79. The Labute approximate surface area is 151 Å². The van der Waals surface area contributed by atoms with E-state index < -0.39 is 10.0 Å². The smallest absolute Gasteiger partial charge is 0.251 e. The van der Waals surface area contributed by atoms with Crippen LogP contribution in [0.3, 0.4) is 0 Å². The predicted octanol–water partition coefficient (Wildman–Crippen LogP) is 3.34. The lowest BCUT2D eigenvalue weighted by atomic mass is 9.97. The minimum absolute atomic E-state index is 0.123. The minimum Gasteiger partial charge on any atom is -0.352 e. The molecule has 25 heavy (non-hydrogen) atoms. The van der Waals surface area contributed by atoms with Gasteiger partial charge in [-0.05, 0) is 70.2 Å². The molecule has 1 N–H and O–H groups in total. The number of sulfonamides is 1. The number of hydrogen-bond acceptors (Lipinski definition) is 3. The van der Waals surface area contributed by atoms with E-state index in [0.717, 1.165) is 19.3 Å². The van der Waals surface area contributed by atoms with Gasteiger partial charge >= 0.3 is 0 Å². The summed E-state index contributed by atoms with van der Waals surface area (Å²) in [6.45, 7) is 4.25. The third-order valence-corrected chi connectivity index (χ3v) is 6.69. The standard InChI is InChI=1S/C19H28N2O3S/c1-15(2)21(3)25(23,24)18-11-9-17(10-12-18)19(22)20-14-13-16-7-5-4-6-8-16/h7,9-12,15H,4-6,8,13-14H2,1-3H3,(H,20,22). The molecule has 0 saturated heterocycles. The molecule has 0 fully saturated rings. The quantitative estimate of drug-likeness (QED) is 0.755. The number of carbonyl (C=O) groups excluding carboxylic acids is 1. The fourth-order valence-electron chi connectivity index (χ4n) is 2.79. The van der Waals surface area contributed by atoms with Gasteiger partial charge in [0.15, 0.2) is 0 Å². The molecule has 1 aromatic carbocycles. The minimum atomic E-state index is -3.52. The van der Waals surface area contributed by atoms with Gasteiger partial charge in [0.05, 0.1) is 4.90 Å². The Balaban J connectivity index is 1.94. The van der Waals surface area contributed by atoms with Crippen LogP contribution in [0.25, 0.3) is 0 Å². The maximum atomic E-state index is 12.4. The van der Waals surface area contributed by atoms with Gasteiger partial charge in [0.25, 0.3) is 5.91 Å². The van der Waals surface area contributed by atoms with E-state index in [1.807, 2.05) is 13.8 Å². The zero-order valence-electron chi connectivity index (χ0n) is 15.3. The molecule has 0 spiro atoms. The maximum absolute atomic E-state index is 12.4. The molecule has 1 amide bonds. The van der Waals surface area contributed by atoms with Gasteiger partial charge < -0.3 is 5.32 Å². The van der Waals surface area contributed by atoms with Gasteiger partial charge in [0, 0.05) is 25.2 Å². The average molecular weight is 365 g/mol. The van der Waals surface area contributed by atoms with Gasteiger partial charge in [0.2, 0.25) is 10.0 Å². The molecule has 0 heterocycles. The molecule has 0 aromatic heterocycles. The summed E-state index contributed by atoms with van der Waals surface area (Å²) in [6.07, 6.45) is 7.94. The van der Waals surface area contributed by atoms with Gasteiger partial charge in [-0.1, -0.05) is 11.6 Å². The Morgan fingerprint density at radius 2 is 1.88 bits per heavy atom. The zero-order chi connectivity index (χ0) is 18.4. The average Bonchev–Trinajstić information content (AvgIpc) is 2.61. The van der Waals surface area contributed by atoms with Crippen LogP contribution in [0.1, 0.15) is 56.3 Å². The molecule has 5 nitrogen and oxygen atoms in total. The number of nitrogens with one attached hydrogen (secondary N) is 1. The Bertz CT molecular complexity index is 722. The highest BCUT2D eigenvalue weighted by Crippen LogP contribution is 2.20. The molecule has 0 aliphatic heterocycles. The van der Waals surface area contributed by atoms with Crippen LogP contribution < -0.4 is 5.32 Å². The summed E-state index contributed by atoms with van der Waals surface area (Å²) in [6, 6.07) is 5.99. The Morgan fingerprint density at radius 1 is 1.20 bits per heavy atom. The van der Waals surface area contributed by atoms with Crippen molar-refractivity contribution in [1.82, 2.24) is 9.62 Å². The molecular formula is C19H28N2O3S. The van der Waals surface area contributed by atoms with Gasteiger partial charge in [-0.3, -0.25) is 4.79 Å². The first-order valence-corrected chi connectivity index (χ1v) is 10.3. The van der Waals surface area contributed by atoms with E-state index in [-0.39, 0.29) is 16.8 Å². The van der Waals surface area contributed by atoms with Gasteiger partial charge in [-0.2, -0.15) is 4.31 Å². The van der Waals surface area contributed by atoms with Gasteiger partial charge in [0.1, 0.15) is 0 Å². The van der Waals surface area contributed by atoms with Gasteiger partial charge in [-0.15, -0.1) is 0 Å². The highest BCUT2D eigenvalue weighted by Gasteiger charge is 2.23.